The first-order chi connectivity index (χ1) is 17.2. The highest BCUT2D eigenvalue weighted by atomic mass is 79.9. The minimum Gasteiger partial charge on any atom is -0.492 e. The molecule has 0 unspecified atom stereocenters. The Morgan fingerprint density at radius 3 is 1.44 bits per heavy atom. The van der Waals surface area contributed by atoms with Crippen molar-refractivity contribution in [3.8, 4) is 11.5 Å². The number of rotatable bonds is 15. The van der Waals surface area contributed by atoms with Crippen LogP contribution in [0.5, 0.6) is 11.5 Å². The lowest BCUT2D eigenvalue weighted by Crippen LogP contribution is -2.26. The molecule has 2 amide bonds. The second-order valence-corrected chi connectivity index (χ2v) is 11.4. The molecule has 2 aromatic rings. The van der Waals surface area contributed by atoms with Crippen LogP contribution in [0.3, 0.4) is 0 Å². The average Bonchev–Trinajstić information content (AvgIpc) is 2.83. The lowest BCUT2D eigenvalue weighted by molar-refractivity contribution is 0.0938. The molecule has 0 aliphatic rings. The molecule has 0 saturated heterocycles. The standard InChI is InChI=1S/C28H38Br2N2O4/c1-19(2)17-35-25-11-9-21(29)15-23(25)27(33)31-13-7-5-6-8-14-32-28(34)24-16-22(30)10-12-26(24)36-18-20(3)4/h9-12,15-16,19-20H,5-8,13-14,17-18H2,1-4H3,(H,31,33)(H,32,34). The van der Waals surface area contributed by atoms with Gasteiger partial charge in [-0.05, 0) is 61.1 Å². The summed E-state index contributed by atoms with van der Waals surface area (Å²) in [6.45, 7) is 10.6. The summed E-state index contributed by atoms with van der Waals surface area (Å²) in [5, 5.41) is 5.98. The van der Waals surface area contributed by atoms with Crippen LogP contribution in [0.1, 0.15) is 74.1 Å². The van der Waals surface area contributed by atoms with Crippen LogP contribution in [0.25, 0.3) is 0 Å². The maximum atomic E-state index is 12.7. The van der Waals surface area contributed by atoms with E-state index in [1.165, 1.54) is 0 Å². The summed E-state index contributed by atoms with van der Waals surface area (Å²) < 4.78 is 13.3. The normalized spacial score (nSPS) is 11.0. The van der Waals surface area contributed by atoms with Crippen molar-refractivity contribution in [3.05, 3.63) is 56.5 Å². The van der Waals surface area contributed by atoms with Gasteiger partial charge in [0.15, 0.2) is 0 Å². The largest absolute Gasteiger partial charge is 0.492 e. The van der Waals surface area contributed by atoms with Gasteiger partial charge in [0.25, 0.3) is 11.8 Å². The molecule has 2 aromatic carbocycles. The van der Waals surface area contributed by atoms with Crippen LogP contribution >= 0.6 is 31.9 Å². The fraction of sp³-hybridized carbons (Fsp3) is 0.500. The maximum absolute atomic E-state index is 12.7. The molecule has 0 aliphatic carbocycles. The van der Waals surface area contributed by atoms with Crippen LogP contribution in [0.2, 0.25) is 0 Å². The van der Waals surface area contributed by atoms with Crippen LogP contribution in [0.15, 0.2) is 45.3 Å². The van der Waals surface area contributed by atoms with Crippen LogP contribution in [0.4, 0.5) is 0 Å². The van der Waals surface area contributed by atoms with Crippen molar-refractivity contribution in [3.63, 3.8) is 0 Å². The van der Waals surface area contributed by atoms with E-state index in [1.54, 1.807) is 12.1 Å². The van der Waals surface area contributed by atoms with Crippen molar-refractivity contribution >= 4 is 43.7 Å². The molecule has 0 radical (unpaired) electrons. The van der Waals surface area contributed by atoms with Gasteiger partial charge in [-0.25, -0.2) is 0 Å². The van der Waals surface area contributed by atoms with E-state index in [4.69, 9.17) is 9.47 Å². The van der Waals surface area contributed by atoms with E-state index in [1.807, 2.05) is 24.3 Å². The fourth-order valence-electron chi connectivity index (χ4n) is 3.32. The van der Waals surface area contributed by atoms with Crippen LogP contribution < -0.4 is 20.1 Å². The van der Waals surface area contributed by atoms with Gasteiger partial charge in [0.2, 0.25) is 0 Å². The molecule has 0 heterocycles. The first-order valence-electron chi connectivity index (χ1n) is 12.6. The number of carbonyl (C=O) groups is 2. The van der Waals surface area contributed by atoms with Crippen molar-refractivity contribution in [2.75, 3.05) is 26.3 Å². The van der Waals surface area contributed by atoms with E-state index in [0.29, 0.717) is 60.8 Å². The monoisotopic (exact) mass is 624 g/mol. The Kier molecular flexibility index (Phi) is 13.3. The summed E-state index contributed by atoms with van der Waals surface area (Å²) in [6, 6.07) is 11.0. The second-order valence-electron chi connectivity index (χ2n) is 9.62. The average molecular weight is 626 g/mol. The summed E-state index contributed by atoms with van der Waals surface area (Å²) in [5.74, 6) is 1.69. The van der Waals surface area contributed by atoms with Crippen molar-refractivity contribution in [1.82, 2.24) is 10.6 Å². The molecule has 0 aromatic heterocycles. The van der Waals surface area contributed by atoms with Gasteiger partial charge >= 0.3 is 0 Å². The fourth-order valence-corrected chi connectivity index (χ4v) is 4.04. The van der Waals surface area contributed by atoms with E-state index >= 15 is 0 Å². The number of ether oxygens (including phenoxy) is 2. The van der Waals surface area contributed by atoms with Gasteiger partial charge in [0, 0.05) is 22.0 Å². The van der Waals surface area contributed by atoms with Crippen molar-refractivity contribution in [2.24, 2.45) is 11.8 Å². The molecule has 2 N–H and O–H groups in total. The third-order valence-corrected chi connectivity index (χ3v) is 6.18. The van der Waals surface area contributed by atoms with Crippen LogP contribution in [-0.2, 0) is 0 Å². The number of halogens is 2. The lowest BCUT2D eigenvalue weighted by Gasteiger charge is -2.14. The SMILES string of the molecule is CC(C)COc1ccc(Br)cc1C(=O)NCCCCCCNC(=O)c1cc(Br)ccc1OCC(C)C. The minimum absolute atomic E-state index is 0.133. The Morgan fingerprint density at radius 1 is 0.694 bits per heavy atom. The second kappa shape index (κ2) is 15.9. The third-order valence-electron chi connectivity index (χ3n) is 5.19. The predicted molar refractivity (Wildman–Crippen MR) is 152 cm³/mol. The molecule has 0 atom stereocenters. The molecule has 198 valence electrons. The Bertz CT molecular complexity index is 916. The first kappa shape index (κ1) is 30.2. The molecule has 0 spiro atoms. The molecular formula is C28H38Br2N2O4. The van der Waals surface area contributed by atoms with E-state index in [2.05, 4.69) is 70.2 Å². The Labute approximate surface area is 232 Å². The molecule has 36 heavy (non-hydrogen) atoms. The minimum atomic E-state index is -0.133. The molecule has 0 saturated carbocycles. The van der Waals surface area contributed by atoms with Gasteiger partial charge < -0.3 is 20.1 Å². The Morgan fingerprint density at radius 2 is 1.08 bits per heavy atom. The molecule has 0 fully saturated rings. The van der Waals surface area contributed by atoms with Crippen LogP contribution in [-0.4, -0.2) is 38.1 Å². The van der Waals surface area contributed by atoms with Gasteiger partial charge in [-0.2, -0.15) is 0 Å². The highest BCUT2D eigenvalue weighted by Gasteiger charge is 2.15. The third kappa shape index (κ3) is 10.9. The highest BCUT2D eigenvalue weighted by molar-refractivity contribution is 9.10. The van der Waals surface area contributed by atoms with Gasteiger partial charge in [-0.3, -0.25) is 9.59 Å². The van der Waals surface area contributed by atoms with Crippen LogP contribution in [0, 0.1) is 11.8 Å². The van der Waals surface area contributed by atoms with Gasteiger partial charge in [-0.1, -0.05) is 72.4 Å². The topological polar surface area (TPSA) is 76.7 Å². The summed E-state index contributed by atoms with van der Waals surface area (Å²) in [5.41, 5.74) is 1.08. The number of nitrogens with one attached hydrogen (secondary N) is 2. The number of carbonyl (C=O) groups excluding carboxylic acids is 2. The number of hydrogen-bond donors (Lipinski definition) is 2. The van der Waals surface area contributed by atoms with Gasteiger partial charge in [0.05, 0.1) is 24.3 Å². The Balaban J connectivity index is 1.69. The molecular weight excluding hydrogens is 588 g/mol. The van der Waals surface area contributed by atoms with E-state index < -0.39 is 0 Å². The molecule has 0 bridgehead atoms. The quantitative estimate of drug-likeness (QED) is 0.209. The highest BCUT2D eigenvalue weighted by Crippen LogP contribution is 2.25. The summed E-state index contributed by atoms with van der Waals surface area (Å²) in [6.07, 6.45) is 3.67. The molecule has 0 aliphatic heterocycles. The van der Waals surface area contributed by atoms with E-state index in [0.717, 1.165) is 34.6 Å². The molecule has 6 nitrogen and oxygen atoms in total. The van der Waals surface area contributed by atoms with Gasteiger partial charge in [-0.15, -0.1) is 0 Å². The predicted octanol–water partition coefficient (Wildman–Crippen LogP) is 7.00. The number of unbranched alkanes of at least 4 members (excludes halogenated alkanes) is 3. The maximum Gasteiger partial charge on any atom is 0.255 e. The number of benzene rings is 2. The number of hydrogen-bond acceptors (Lipinski definition) is 4. The van der Waals surface area contributed by atoms with Crippen molar-refractivity contribution in [1.29, 1.82) is 0 Å². The first-order valence-corrected chi connectivity index (χ1v) is 14.2. The summed E-state index contributed by atoms with van der Waals surface area (Å²) in [7, 11) is 0. The van der Waals surface area contributed by atoms with Gasteiger partial charge in [0.1, 0.15) is 11.5 Å². The van der Waals surface area contributed by atoms with E-state index in [-0.39, 0.29) is 11.8 Å². The molecule has 8 heteroatoms. The van der Waals surface area contributed by atoms with Crippen molar-refractivity contribution < 1.29 is 19.1 Å². The summed E-state index contributed by atoms with van der Waals surface area (Å²) in [4.78, 5) is 25.3. The van der Waals surface area contributed by atoms with E-state index in [9.17, 15) is 9.59 Å². The number of amides is 2. The smallest absolute Gasteiger partial charge is 0.255 e. The lowest BCUT2D eigenvalue weighted by atomic mass is 10.1. The summed E-state index contributed by atoms with van der Waals surface area (Å²) >= 11 is 6.87. The zero-order valence-corrected chi connectivity index (χ0v) is 24.8. The zero-order valence-electron chi connectivity index (χ0n) is 21.7. The molecule has 2 rings (SSSR count). The van der Waals surface area contributed by atoms with Crippen molar-refractivity contribution in [2.45, 2.75) is 53.4 Å². The Hall–Kier alpha value is -2.06. The zero-order chi connectivity index (χ0) is 26.5.